The van der Waals surface area contributed by atoms with Crippen molar-refractivity contribution in [1.29, 1.82) is 0 Å². The molecule has 0 saturated heterocycles. The third-order valence-corrected chi connectivity index (χ3v) is 4.05. The Morgan fingerprint density at radius 2 is 1.73 bits per heavy atom. The van der Waals surface area contributed by atoms with Crippen LogP contribution in [0.5, 0.6) is 0 Å². The second kappa shape index (κ2) is 6.32. The Kier molecular flexibility index (Phi) is 4.67. The first kappa shape index (κ1) is 16.2. The molecule has 1 atom stereocenters. The zero-order valence-corrected chi connectivity index (χ0v) is 13.7. The third-order valence-electron chi connectivity index (χ3n) is 4.05. The van der Waals surface area contributed by atoms with E-state index in [0.717, 1.165) is 11.3 Å². The Balaban J connectivity index is 2.31. The predicted molar refractivity (Wildman–Crippen MR) is 91.9 cm³/mol. The summed E-state index contributed by atoms with van der Waals surface area (Å²) in [5.41, 5.74) is 8.16. The molecule has 0 radical (unpaired) electrons. The SMILES string of the molecule is CC(C)c1cccc(N(C)C(=O)C(C)(N)c2ccccc2)c1. The van der Waals surface area contributed by atoms with Gasteiger partial charge in [0.05, 0.1) is 0 Å². The van der Waals surface area contributed by atoms with Crippen LogP contribution in [0, 0.1) is 0 Å². The van der Waals surface area contributed by atoms with Crippen molar-refractivity contribution in [2.45, 2.75) is 32.2 Å². The number of likely N-dealkylation sites (N-methyl/N-ethyl adjacent to an activating group) is 1. The molecule has 2 aromatic rings. The van der Waals surface area contributed by atoms with E-state index in [2.05, 4.69) is 19.9 Å². The zero-order valence-electron chi connectivity index (χ0n) is 13.7. The highest BCUT2D eigenvalue weighted by Crippen LogP contribution is 2.25. The van der Waals surface area contributed by atoms with E-state index in [-0.39, 0.29) is 5.91 Å². The summed E-state index contributed by atoms with van der Waals surface area (Å²) in [7, 11) is 1.77. The summed E-state index contributed by atoms with van der Waals surface area (Å²) in [6.45, 7) is 6.03. The molecule has 2 N–H and O–H groups in total. The first-order chi connectivity index (χ1) is 10.3. The Labute approximate surface area is 132 Å². The molecule has 0 aliphatic heterocycles. The molecule has 0 bridgehead atoms. The quantitative estimate of drug-likeness (QED) is 0.936. The summed E-state index contributed by atoms with van der Waals surface area (Å²) in [5, 5.41) is 0. The second-order valence-electron chi connectivity index (χ2n) is 6.18. The first-order valence-corrected chi connectivity index (χ1v) is 7.56. The molecule has 1 amide bonds. The number of anilines is 1. The van der Waals surface area contributed by atoms with Crippen LogP contribution in [-0.4, -0.2) is 13.0 Å². The van der Waals surface area contributed by atoms with Crippen molar-refractivity contribution in [2.75, 3.05) is 11.9 Å². The third kappa shape index (κ3) is 3.20. The molecule has 2 rings (SSSR count). The van der Waals surface area contributed by atoms with Crippen molar-refractivity contribution >= 4 is 11.6 Å². The largest absolute Gasteiger partial charge is 0.314 e. The Morgan fingerprint density at radius 1 is 1.09 bits per heavy atom. The summed E-state index contributed by atoms with van der Waals surface area (Å²) in [4.78, 5) is 14.5. The van der Waals surface area contributed by atoms with Gasteiger partial charge in [-0.1, -0.05) is 56.3 Å². The van der Waals surface area contributed by atoms with Gasteiger partial charge in [0.15, 0.2) is 0 Å². The van der Waals surface area contributed by atoms with Gasteiger partial charge in [0.25, 0.3) is 5.91 Å². The molecule has 0 aliphatic carbocycles. The van der Waals surface area contributed by atoms with Crippen LogP contribution in [0.4, 0.5) is 5.69 Å². The number of nitrogens with two attached hydrogens (primary N) is 1. The molecule has 3 heteroatoms. The molecule has 0 saturated carbocycles. The highest BCUT2D eigenvalue weighted by atomic mass is 16.2. The van der Waals surface area contributed by atoms with Crippen molar-refractivity contribution in [3.05, 3.63) is 65.7 Å². The summed E-state index contributed by atoms with van der Waals surface area (Å²) >= 11 is 0. The minimum absolute atomic E-state index is 0.125. The lowest BCUT2D eigenvalue weighted by Gasteiger charge is -2.30. The molecular formula is C19H24N2O. The van der Waals surface area contributed by atoms with Gasteiger partial charge in [-0.3, -0.25) is 4.79 Å². The smallest absolute Gasteiger partial charge is 0.251 e. The molecule has 0 heterocycles. The molecule has 0 aromatic heterocycles. The van der Waals surface area contributed by atoms with Gasteiger partial charge in [-0.05, 0) is 36.1 Å². The number of rotatable bonds is 4. The van der Waals surface area contributed by atoms with Gasteiger partial charge < -0.3 is 10.6 Å². The van der Waals surface area contributed by atoms with Crippen molar-refractivity contribution in [1.82, 2.24) is 0 Å². The van der Waals surface area contributed by atoms with E-state index in [1.807, 2.05) is 48.5 Å². The summed E-state index contributed by atoms with van der Waals surface area (Å²) < 4.78 is 0. The van der Waals surface area contributed by atoms with Crippen molar-refractivity contribution in [3.8, 4) is 0 Å². The highest BCUT2D eigenvalue weighted by Gasteiger charge is 2.33. The maximum Gasteiger partial charge on any atom is 0.251 e. The zero-order chi connectivity index (χ0) is 16.3. The Bertz CT molecular complexity index is 647. The molecular weight excluding hydrogens is 272 g/mol. The van der Waals surface area contributed by atoms with Crippen LogP contribution in [0.1, 0.15) is 37.8 Å². The maximum absolute atomic E-state index is 12.8. The summed E-state index contributed by atoms with van der Waals surface area (Å²) in [6.07, 6.45) is 0. The van der Waals surface area contributed by atoms with E-state index in [1.54, 1.807) is 18.9 Å². The molecule has 3 nitrogen and oxygen atoms in total. The van der Waals surface area contributed by atoms with Crippen LogP contribution < -0.4 is 10.6 Å². The lowest BCUT2D eigenvalue weighted by molar-refractivity contribution is -0.123. The van der Waals surface area contributed by atoms with E-state index in [9.17, 15) is 4.79 Å². The van der Waals surface area contributed by atoms with Crippen LogP contribution in [0.3, 0.4) is 0 Å². The van der Waals surface area contributed by atoms with Gasteiger partial charge in [-0.25, -0.2) is 0 Å². The summed E-state index contributed by atoms with van der Waals surface area (Å²) in [5.74, 6) is 0.293. The standard InChI is InChI=1S/C19H24N2O/c1-14(2)15-9-8-12-17(13-15)21(4)18(22)19(3,20)16-10-6-5-7-11-16/h5-14H,20H2,1-4H3. The molecule has 0 fully saturated rings. The van der Waals surface area contributed by atoms with Gasteiger partial charge in [0.2, 0.25) is 0 Å². The van der Waals surface area contributed by atoms with Crippen LogP contribution in [0.15, 0.2) is 54.6 Å². The topological polar surface area (TPSA) is 46.3 Å². The van der Waals surface area contributed by atoms with Gasteiger partial charge >= 0.3 is 0 Å². The molecule has 0 aliphatic rings. The number of hydrogen-bond donors (Lipinski definition) is 1. The Hall–Kier alpha value is -2.13. The number of amides is 1. The lowest BCUT2D eigenvalue weighted by atomic mass is 9.91. The van der Waals surface area contributed by atoms with Crippen LogP contribution >= 0.6 is 0 Å². The average molecular weight is 296 g/mol. The molecule has 0 spiro atoms. The monoisotopic (exact) mass is 296 g/mol. The predicted octanol–water partition coefficient (Wildman–Crippen LogP) is 3.65. The van der Waals surface area contributed by atoms with Gasteiger partial charge in [0.1, 0.15) is 5.54 Å². The first-order valence-electron chi connectivity index (χ1n) is 7.56. The van der Waals surface area contributed by atoms with E-state index >= 15 is 0 Å². The minimum Gasteiger partial charge on any atom is -0.314 e. The normalized spacial score (nSPS) is 13.7. The number of hydrogen-bond acceptors (Lipinski definition) is 2. The van der Waals surface area contributed by atoms with Crippen LogP contribution in [-0.2, 0) is 10.3 Å². The maximum atomic E-state index is 12.8. The van der Waals surface area contributed by atoms with Crippen molar-refractivity contribution in [2.24, 2.45) is 5.73 Å². The number of nitrogens with zero attached hydrogens (tertiary/aromatic N) is 1. The van der Waals surface area contributed by atoms with E-state index < -0.39 is 5.54 Å². The molecule has 2 aromatic carbocycles. The fourth-order valence-electron chi connectivity index (χ4n) is 2.47. The second-order valence-corrected chi connectivity index (χ2v) is 6.18. The minimum atomic E-state index is -1.05. The van der Waals surface area contributed by atoms with E-state index in [4.69, 9.17) is 5.73 Å². The molecule has 116 valence electrons. The van der Waals surface area contributed by atoms with Crippen molar-refractivity contribution in [3.63, 3.8) is 0 Å². The summed E-state index contributed by atoms with van der Waals surface area (Å²) in [6, 6.07) is 17.5. The van der Waals surface area contributed by atoms with Crippen LogP contribution in [0.2, 0.25) is 0 Å². The van der Waals surface area contributed by atoms with Gasteiger partial charge in [-0.15, -0.1) is 0 Å². The highest BCUT2D eigenvalue weighted by molar-refractivity contribution is 6.00. The number of carbonyl (C=O) groups is 1. The van der Waals surface area contributed by atoms with E-state index in [1.165, 1.54) is 5.56 Å². The fourth-order valence-corrected chi connectivity index (χ4v) is 2.47. The Morgan fingerprint density at radius 3 is 2.32 bits per heavy atom. The number of carbonyl (C=O) groups excluding carboxylic acids is 1. The number of benzene rings is 2. The molecule has 1 unspecified atom stereocenters. The fraction of sp³-hybridized carbons (Fsp3) is 0.316. The van der Waals surface area contributed by atoms with Gasteiger partial charge in [0, 0.05) is 12.7 Å². The van der Waals surface area contributed by atoms with E-state index in [0.29, 0.717) is 5.92 Å². The van der Waals surface area contributed by atoms with Gasteiger partial charge in [-0.2, -0.15) is 0 Å². The van der Waals surface area contributed by atoms with Crippen LogP contribution in [0.25, 0.3) is 0 Å². The average Bonchev–Trinajstić information content (AvgIpc) is 2.54. The lowest BCUT2D eigenvalue weighted by Crippen LogP contribution is -2.49. The van der Waals surface area contributed by atoms with Crippen molar-refractivity contribution < 1.29 is 4.79 Å². The molecule has 22 heavy (non-hydrogen) atoms.